The average molecular weight is 285 g/mol. The Morgan fingerprint density at radius 1 is 1.19 bits per heavy atom. The number of nitrogens with zero attached hydrogens (tertiary/aromatic N) is 5. The normalized spacial score (nSPS) is 14.1. The first-order valence-electron chi connectivity index (χ1n) is 7.61. The highest BCUT2D eigenvalue weighted by Crippen LogP contribution is 2.24. The zero-order chi connectivity index (χ0) is 15.0. The molecule has 0 bridgehead atoms. The highest BCUT2D eigenvalue weighted by molar-refractivity contribution is 5.38. The molecule has 1 aliphatic rings. The summed E-state index contributed by atoms with van der Waals surface area (Å²) >= 11 is 0. The fraction of sp³-hybridized carbons (Fsp3) is 0.562. The number of aromatic nitrogens is 4. The van der Waals surface area contributed by atoms with Crippen LogP contribution in [0.3, 0.4) is 0 Å². The molecule has 0 amide bonds. The standard InChI is InChI=1S/C16H23N5/c1-11-14-7-5-6-8-15(14)19-16(18-11)20(3)10-13-9-17-21(4)12(13)2/h9H,5-8,10H2,1-4H3. The first-order chi connectivity index (χ1) is 10.1. The molecule has 1 aliphatic carbocycles. The summed E-state index contributed by atoms with van der Waals surface area (Å²) in [5.74, 6) is 0.830. The van der Waals surface area contributed by atoms with Gasteiger partial charge in [-0.1, -0.05) is 0 Å². The zero-order valence-corrected chi connectivity index (χ0v) is 13.3. The zero-order valence-electron chi connectivity index (χ0n) is 13.3. The molecule has 2 heterocycles. The molecule has 21 heavy (non-hydrogen) atoms. The molecular weight excluding hydrogens is 262 g/mol. The van der Waals surface area contributed by atoms with Crippen LogP contribution in [0.25, 0.3) is 0 Å². The minimum atomic E-state index is 0.790. The summed E-state index contributed by atoms with van der Waals surface area (Å²) in [6.07, 6.45) is 6.66. The first-order valence-corrected chi connectivity index (χ1v) is 7.61. The molecule has 0 aromatic carbocycles. The van der Waals surface area contributed by atoms with Crippen molar-refractivity contribution in [3.63, 3.8) is 0 Å². The molecule has 0 aliphatic heterocycles. The first kappa shape index (κ1) is 14.0. The molecule has 0 N–H and O–H groups in total. The van der Waals surface area contributed by atoms with Crippen molar-refractivity contribution < 1.29 is 0 Å². The van der Waals surface area contributed by atoms with Gasteiger partial charge >= 0.3 is 0 Å². The van der Waals surface area contributed by atoms with Crippen molar-refractivity contribution in [2.45, 2.75) is 46.1 Å². The Balaban J connectivity index is 1.86. The second-order valence-corrected chi connectivity index (χ2v) is 5.98. The Hall–Kier alpha value is -1.91. The van der Waals surface area contributed by atoms with Gasteiger partial charge in [-0.15, -0.1) is 0 Å². The van der Waals surface area contributed by atoms with E-state index >= 15 is 0 Å². The molecule has 0 radical (unpaired) electrons. The molecule has 5 heteroatoms. The van der Waals surface area contributed by atoms with Crippen LogP contribution in [0.15, 0.2) is 6.20 Å². The second kappa shape index (κ2) is 5.47. The maximum atomic E-state index is 4.79. The Bertz CT molecular complexity index is 659. The van der Waals surface area contributed by atoms with Crippen LogP contribution in [0.4, 0.5) is 5.95 Å². The van der Waals surface area contributed by atoms with Gasteiger partial charge in [0, 0.05) is 43.3 Å². The van der Waals surface area contributed by atoms with Crippen LogP contribution in [-0.2, 0) is 26.4 Å². The van der Waals surface area contributed by atoms with Gasteiger partial charge in [0.15, 0.2) is 0 Å². The van der Waals surface area contributed by atoms with E-state index in [9.17, 15) is 0 Å². The quantitative estimate of drug-likeness (QED) is 0.868. The molecule has 0 saturated carbocycles. The molecule has 3 rings (SSSR count). The summed E-state index contributed by atoms with van der Waals surface area (Å²) in [5, 5.41) is 4.30. The largest absolute Gasteiger partial charge is 0.339 e. The van der Waals surface area contributed by atoms with Gasteiger partial charge in [0.2, 0.25) is 5.95 Å². The van der Waals surface area contributed by atoms with Crippen LogP contribution in [-0.4, -0.2) is 26.8 Å². The molecule has 5 nitrogen and oxygen atoms in total. The molecular formula is C16H23N5. The Labute approximate surface area is 126 Å². The van der Waals surface area contributed by atoms with Gasteiger partial charge in [0.05, 0.1) is 6.20 Å². The topological polar surface area (TPSA) is 46.8 Å². The van der Waals surface area contributed by atoms with Crippen molar-refractivity contribution in [3.05, 3.63) is 34.4 Å². The van der Waals surface area contributed by atoms with Gasteiger partial charge in [-0.2, -0.15) is 5.10 Å². The van der Waals surface area contributed by atoms with E-state index in [2.05, 4.69) is 30.9 Å². The maximum Gasteiger partial charge on any atom is 0.225 e. The molecule has 0 atom stereocenters. The van der Waals surface area contributed by atoms with Gasteiger partial charge in [-0.05, 0) is 45.1 Å². The minimum absolute atomic E-state index is 0.790. The van der Waals surface area contributed by atoms with E-state index in [1.54, 1.807) is 0 Å². The lowest BCUT2D eigenvalue weighted by atomic mass is 9.95. The predicted molar refractivity (Wildman–Crippen MR) is 83.5 cm³/mol. The van der Waals surface area contributed by atoms with E-state index < -0.39 is 0 Å². The summed E-state index contributed by atoms with van der Waals surface area (Å²) < 4.78 is 1.90. The van der Waals surface area contributed by atoms with Crippen LogP contribution < -0.4 is 4.90 Å². The Morgan fingerprint density at radius 3 is 2.67 bits per heavy atom. The highest BCUT2D eigenvalue weighted by Gasteiger charge is 2.17. The van der Waals surface area contributed by atoms with Gasteiger partial charge in [0.25, 0.3) is 0 Å². The van der Waals surface area contributed by atoms with Crippen LogP contribution in [0, 0.1) is 13.8 Å². The van der Waals surface area contributed by atoms with E-state index in [-0.39, 0.29) is 0 Å². The van der Waals surface area contributed by atoms with E-state index in [1.165, 1.54) is 35.4 Å². The molecule has 0 spiro atoms. The fourth-order valence-corrected chi connectivity index (χ4v) is 2.96. The molecule has 0 fully saturated rings. The van der Waals surface area contributed by atoms with Gasteiger partial charge < -0.3 is 4.90 Å². The van der Waals surface area contributed by atoms with Crippen LogP contribution in [0.2, 0.25) is 0 Å². The Morgan fingerprint density at radius 2 is 1.95 bits per heavy atom. The Kier molecular flexibility index (Phi) is 3.66. The predicted octanol–water partition coefficient (Wildman–Crippen LogP) is 2.34. The SMILES string of the molecule is Cc1nc(N(C)Cc2cnn(C)c2C)nc2c1CCCC2. The summed E-state index contributed by atoms with van der Waals surface area (Å²) in [6.45, 7) is 4.99. The van der Waals surface area contributed by atoms with E-state index in [0.29, 0.717) is 0 Å². The molecule has 2 aromatic heterocycles. The highest BCUT2D eigenvalue weighted by atomic mass is 15.3. The monoisotopic (exact) mass is 285 g/mol. The van der Waals surface area contributed by atoms with E-state index in [1.807, 2.05) is 17.9 Å². The van der Waals surface area contributed by atoms with Gasteiger partial charge in [0.1, 0.15) is 0 Å². The number of hydrogen-bond donors (Lipinski definition) is 0. The van der Waals surface area contributed by atoms with E-state index in [0.717, 1.165) is 31.0 Å². The van der Waals surface area contributed by atoms with E-state index in [4.69, 9.17) is 9.97 Å². The molecule has 0 unspecified atom stereocenters. The lowest BCUT2D eigenvalue weighted by molar-refractivity contribution is 0.653. The molecule has 0 saturated heterocycles. The third kappa shape index (κ3) is 2.64. The number of anilines is 1. The van der Waals surface area contributed by atoms with Crippen molar-refractivity contribution >= 4 is 5.95 Å². The van der Waals surface area contributed by atoms with Crippen molar-refractivity contribution in [1.82, 2.24) is 19.7 Å². The van der Waals surface area contributed by atoms with Crippen molar-refractivity contribution in [2.24, 2.45) is 7.05 Å². The lowest BCUT2D eigenvalue weighted by Crippen LogP contribution is -2.22. The van der Waals surface area contributed by atoms with Crippen LogP contribution in [0.5, 0.6) is 0 Å². The minimum Gasteiger partial charge on any atom is -0.339 e. The smallest absolute Gasteiger partial charge is 0.225 e. The average Bonchev–Trinajstić information content (AvgIpc) is 2.79. The number of hydrogen-bond acceptors (Lipinski definition) is 4. The van der Waals surface area contributed by atoms with Crippen molar-refractivity contribution in [1.29, 1.82) is 0 Å². The van der Waals surface area contributed by atoms with Crippen LogP contribution in [0.1, 0.15) is 41.1 Å². The summed E-state index contributed by atoms with van der Waals surface area (Å²) in [7, 11) is 4.02. The van der Waals surface area contributed by atoms with Gasteiger partial charge in [-0.3, -0.25) is 4.68 Å². The third-order valence-electron chi connectivity index (χ3n) is 4.46. The number of aryl methyl sites for hydroxylation is 3. The van der Waals surface area contributed by atoms with Crippen molar-refractivity contribution in [2.75, 3.05) is 11.9 Å². The van der Waals surface area contributed by atoms with Gasteiger partial charge in [-0.25, -0.2) is 9.97 Å². The maximum absolute atomic E-state index is 4.79. The molecule has 2 aromatic rings. The summed E-state index contributed by atoms with van der Waals surface area (Å²) in [4.78, 5) is 11.6. The number of fused-ring (bicyclic) bond motifs is 1. The lowest BCUT2D eigenvalue weighted by Gasteiger charge is -2.22. The summed E-state index contributed by atoms with van der Waals surface area (Å²) in [5.41, 5.74) is 6.18. The van der Waals surface area contributed by atoms with Crippen molar-refractivity contribution in [3.8, 4) is 0 Å². The van der Waals surface area contributed by atoms with Crippen LogP contribution >= 0.6 is 0 Å². The number of rotatable bonds is 3. The fourth-order valence-electron chi connectivity index (χ4n) is 2.96. The molecule has 112 valence electrons. The third-order valence-corrected chi connectivity index (χ3v) is 4.46. The second-order valence-electron chi connectivity index (χ2n) is 5.98. The summed E-state index contributed by atoms with van der Waals surface area (Å²) in [6, 6.07) is 0.